The number of hydrogen-bond donors (Lipinski definition) is 2. The summed E-state index contributed by atoms with van der Waals surface area (Å²) >= 11 is 3.89. The van der Waals surface area contributed by atoms with Crippen molar-refractivity contribution in [2.24, 2.45) is 0 Å². The third-order valence-corrected chi connectivity index (χ3v) is 6.39. The van der Waals surface area contributed by atoms with Crippen molar-refractivity contribution in [1.29, 1.82) is 0 Å². The maximum atomic E-state index is 8.36. The summed E-state index contributed by atoms with van der Waals surface area (Å²) < 4.78 is 1.49. The first-order valence-corrected chi connectivity index (χ1v) is 9.51. The van der Waals surface area contributed by atoms with Gasteiger partial charge in [0.05, 0.1) is 4.21 Å². The van der Waals surface area contributed by atoms with Gasteiger partial charge >= 0.3 is 0 Å². The first kappa shape index (κ1) is 16.3. The second-order valence-electron chi connectivity index (χ2n) is 5.40. The first-order chi connectivity index (χ1) is 11.3. The molecule has 0 atom stereocenters. The van der Waals surface area contributed by atoms with Gasteiger partial charge in [0.15, 0.2) is 0 Å². The average Bonchev–Trinajstić information content (AvgIpc) is 2.98. The number of nitrogens with one attached hydrogen (secondary N) is 1. The van der Waals surface area contributed by atoms with Gasteiger partial charge in [0.2, 0.25) is 0 Å². The summed E-state index contributed by atoms with van der Waals surface area (Å²) in [5.74, 6) is 1.10. The molecule has 5 heteroatoms. The molecule has 3 nitrogen and oxygen atoms in total. The van der Waals surface area contributed by atoms with E-state index < -0.39 is 0 Å². The minimum atomic E-state index is -0.250. The zero-order chi connectivity index (χ0) is 16.1. The first-order valence-electron chi connectivity index (χ1n) is 7.64. The molecule has 0 saturated carbocycles. The molecule has 120 valence electrons. The van der Waals surface area contributed by atoms with Crippen molar-refractivity contribution < 1.29 is 9.90 Å². The molecule has 0 aliphatic carbocycles. The fraction of sp³-hybridized carbons (Fsp3) is 0.278. The molecule has 0 radical (unpaired) electrons. The van der Waals surface area contributed by atoms with E-state index in [2.05, 4.69) is 41.0 Å². The van der Waals surface area contributed by atoms with Crippen LogP contribution in [0, 0.1) is 0 Å². The Balaban J connectivity index is 0.000000485. The lowest BCUT2D eigenvalue weighted by atomic mass is 9.88. The number of piperidine rings is 1. The molecule has 1 fully saturated rings. The topological polar surface area (TPSA) is 49.3 Å². The summed E-state index contributed by atoms with van der Waals surface area (Å²) in [6.07, 6.45) is 2.37. The predicted octanol–water partition coefficient (Wildman–Crippen LogP) is 4.24. The highest BCUT2D eigenvalue weighted by Crippen LogP contribution is 2.45. The van der Waals surface area contributed by atoms with Crippen LogP contribution in [0.25, 0.3) is 5.57 Å². The number of carbonyl (C=O) groups is 1. The van der Waals surface area contributed by atoms with Crippen molar-refractivity contribution in [3.05, 3.63) is 58.0 Å². The molecule has 2 aliphatic rings. The Morgan fingerprint density at radius 2 is 1.83 bits per heavy atom. The molecule has 0 bridgehead atoms. The number of carboxylic acid groups (broad SMARTS) is 1. The second-order valence-corrected chi connectivity index (χ2v) is 7.56. The monoisotopic (exact) mass is 345 g/mol. The Morgan fingerprint density at radius 3 is 2.61 bits per heavy atom. The third-order valence-electron chi connectivity index (χ3n) is 4.11. The molecular formula is C18H19NO2S2. The highest BCUT2D eigenvalue weighted by molar-refractivity contribution is 8.00. The molecule has 0 unspecified atom stereocenters. The molecular weight excluding hydrogens is 326 g/mol. The van der Waals surface area contributed by atoms with Crippen LogP contribution >= 0.6 is 23.1 Å². The number of thiophene rings is 1. The van der Waals surface area contributed by atoms with Crippen LogP contribution in [-0.2, 0) is 10.5 Å². The SMILES string of the molecule is O=CO.c1ccc2c(c1)CSc1sccc1C2=C1CCNCC1. The van der Waals surface area contributed by atoms with Crippen LogP contribution in [0.5, 0.6) is 0 Å². The van der Waals surface area contributed by atoms with Crippen molar-refractivity contribution >= 4 is 35.1 Å². The third kappa shape index (κ3) is 3.52. The lowest BCUT2D eigenvalue weighted by Gasteiger charge is -2.21. The number of benzene rings is 1. The maximum Gasteiger partial charge on any atom is 0.290 e. The molecule has 3 heterocycles. The van der Waals surface area contributed by atoms with E-state index in [9.17, 15) is 0 Å². The quantitative estimate of drug-likeness (QED) is 0.701. The van der Waals surface area contributed by atoms with Crippen LogP contribution in [0.1, 0.15) is 29.5 Å². The average molecular weight is 345 g/mol. The standard InChI is InChI=1S/C17H17NS2.CH2O2/c1-2-4-14-13(3-1)11-20-17-15(7-10-19-17)16(14)12-5-8-18-9-6-12;2-1-3/h1-4,7,10,18H,5-6,8-9,11H2;1H,(H,2,3). The number of fused-ring (bicyclic) bond motifs is 2. The molecule has 4 rings (SSSR count). The smallest absolute Gasteiger partial charge is 0.290 e. The van der Waals surface area contributed by atoms with E-state index in [1.54, 1.807) is 5.57 Å². The lowest BCUT2D eigenvalue weighted by Crippen LogP contribution is -2.23. The van der Waals surface area contributed by atoms with Crippen molar-refractivity contribution in [1.82, 2.24) is 5.32 Å². The van der Waals surface area contributed by atoms with Gasteiger partial charge in [-0.1, -0.05) is 29.8 Å². The Bertz CT molecular complexity index is 713. The van der Waals surface area contributed by atoms with Gasteiger partial charge < -0.3 is 10.4 Å². The van der Waals surface area contributed by atoms with Crippen molar-refractivity contribution in [3.8, 4) is 0 Å². The summed E-state index contributed by atoms with van der Waals surface area (Å²) in [5, 5.41) is 12.6. The van der Waals surface area contributed by atoms with Gasteiger partial charge in [0, 0.05) is 11.3 Å². The van der Waals surface area contributed by atoms with Crippen molar-refractivity contribution in [2.75, 3.05) is 13.1 Å². The van der Waals surface area contributed by atoms with Gasteiger partial charge in [-0.3, -0.25) is 4.79 Å². The van der Waals surface area contributed by atoms with Gasteiger partial charge in [-0.15, -0.1) is 23.1 Å². The second kappa shape index (κ2) is 7.81. The maximum absolute atomic E-state index is 8.36. The number of thioether (sulfide) groups is 1. The van der Waals surface area contributed by atoms with Crippen LogP contribution in [0.3, 0.4) is 0 Å². The lowest BCUT2D eigenvalue weighted by molar-refractivity contribution is -0.122. The van der Waals surface area contributed by atoms with Crippen LogP contribution in [0.2, 0.25) is 0 Å². The Kier molecular flexibility index (Phi) is 5.54. The fourth-order valence-electron chi connectivity index (χ4n) is 3.13. The Hall–Kier alpha value is -1.56. The number of hydrogen-bond acceptors (Lipinski definition) is 4. The molecule has 0 amide bonds. The summed E-state index contributed by atoms with van der Waals surface area (Å²) in [5.41, 5.74) is 7.60. The minimum Gasteiger partial charge on any atom is -0.483 e. The van der Waals surface area contributed by atoms with E-state index in [-0.39, 0.29) is 6.47 Å². The van der Waals surface area contributed by atoms with E-state index in [0.717, 1.165) is 18.8 Å². The van der Waals surface area contributed by atoms with Gasteiger partial charge in [-0.2, -0.15) is 0 Å². The van der Waals surface area contributed by atoms with Crippen LogP contribution < -0.4 is 5.32 Å². The summed E-state index contributed by atoms with van der Waals surface area (Å²) in [6.45, 7) is 1.99. The molecule has 2 N–H and O–H groups in total. The highest BCUT2D eigenvalue weighted by atomic mass is 32.2. The van der Waals surface area contributed by atoms with E-state index in [0.29, 0.717) is 0 Å². The summed E-state index contributed by atoms with van der Waals surface area (Å²) in [6, 6.07) is 11.3. The summed E-state index contributed by atoms with van der Waals surface area (Å²) in [7, 11) is 0. The van der Waals surface area contributed by atoms with E-state index >= 15 is 0 Å². The van der Waals surface area contributed by atoms with Gasteiger partial charge in [-0.25, -0.2) is 0 Å². The highest BCUT2D eigenvalue weighted by Gasteiger charge is 2.22. The summed E-state index contributed by atoms with van der Waals surface area (Å²) in [4.78, 5) is 8.36. The van der Waals surface area contributed by atoms with Crippen LogP contribution in [0.4, 0.5) is 0 Å². The minimum absolute atomic E-state index is 0.250. The fourth-order valence-corrected chi connectivity index (χ4v) is 5.23. The molecule has 1 aromatic heterocycles. The zero-order valence-electron chi connectivity index (χ0n) is 12.7. The van der Waals surface area contributed by atoms with Crippen LogP contribution in [-0.4, -0.2) is 24.7 Å². The Labute approximate surface area is 144 Å². The predicted molar refractivity (Wildman–Crippen MR) is 97.1 cm³/mol. The van der Waals surface area contributed by atoms with E-state index in [1.165, 1.54) is 39.3 Å². The van der Waals surface area contributed by atoms with Crippen molar-refractivity contribution in [3.63, 3.8) is 0 Å². The largest absolute Gasteiger partial charge is 0.483 e. The zero-order valence-corrected chi connectivity index (χ0v) is 14.4. The molecule has 1 aromatic carbocycles. The molecule has 23 heavy (non-hydrogen) atoms. The van der Waals surface area contributed by atoms with Gasteiger partial charge in [0.25, 0.3) is 6.47 Å². The van der Waals surface area contributed by atoms with Crippen molar-refractivity contribution in [2.45, 2.75) is 22.8 Å². The molecule has 2 aromatic rings. The normalized spacial score (nSPS) is 16.5. The number of rotatable bonds is 0. The van der Waals surface area contributed by atoms with E-state index in [1.807, 2.05) is 23.1 Å². The molecule has 2 aliphatic heterocycles. The molecule has 0 spiro atoms. The van der Waals surface area contributed by atoms with Crippen LogP contribution in [0.15, 0.2) is 45.5 Å². The molecule has 1 saturated heterocycles. The Morgan fingerprint density at radius 1 is 1.09 bits per heavy atom. The van der Waals surface area contributed by atoms with Gasteiger partial charge in [0.1, 0.15) is 0 Å². The van der Waals surface area contributed by atoms with Gasteiger partial charge in [-0.05, 0) is 54.1 Å². The van der Waals surface area contributed by atoms with E-state index in [4.69, 9.17) is 9.90 Å².